The Bertz CT molecular complexity index is 850. The number of benzene rings is 1. The van der Waals surface area contributed by atoms with E-state index in [1.165, 1.54) is 19.3 Å². The fourth-order valence-corrected chi connectivity index (χ4v) is 3.58. The van der Waals surface area contributed by atoms with Gasteiger partial charge in [0.15, 0.2) is 5.96 Å². The first-order chi connectivity index (χ1) is 14.2. The number of aliphatic imine (C=N–C) groups is 1. The number of aromatic nitrogens is 3. The minimum Gasteiger partial charge on any atom is -0.356 e. The first kappa shape index (κ1) is 24.1. The molecular weight excluding hydrogens is 493 g/mol. The van der Waals surface area contributed by atoms with Gasteiger partial charge in [0, 0.05) is 52.1 Å². The predicted molar refractivity (Wildman–Crippen MR) is 130 cm³/mol. The van der Waals surface area contributed by atoms with Crippen molar-refractivity contribution in [2.75, 3.05) is 27.2 Å². The third-order valence-electron chi connectivity index (χ3n) is 5.17. The number of guanidine groups is 1. The Morgan fingerprint density at radius 2 is 1.93 bits per heavy atom. The quantitative estimate of drug-likeness (QED) is 0.292. The molecule has 3 N–H and O–H groups in total. The molecular formula is C21H32IN7O. The van der Waals surface area contributed by atoms with Crippen molar-refractivity contribution in [3.63, 3.8) is 0 Å². The molecule has 2 heterocycles. The number of hydrogen-bond acceptors (Lipinski definition) is 4. The van der Waals surface area contributed by atoms with Crippen molar-refractivity contribution in [2.45, 2.75) is 45.1 Å². The Balaban J connectivity index is 0.00000320. The topological polar surface area (TPSA) is 96.2 Å². The van der Waals surface area contributed by atoms with Crippen molar-refractivity contribution in [3.05, 3.63) is 47.0 Å². The molecule has 30 heavy (non-hydrogen) atoms. The van der Waals surface area contributed by atoms with E-state index in [2.05, 4.69) is 35.7 Å². The van der Waals surface area contributed by atoms with E-state index >= 15 is 0 Å². The number of carbonyl (C=O) groups is 1. The Hall–Kier alpha value is -2.17. The normalized spacial score (nSPS) is 13.6. The van der Waals surface area contributed by atoms with Crippen LogP contribution in [0.5, 0.6) is 0 Å². The van der Waals surface area contributed by atoms with Crippen LogP contribution in [0.15, 0.2) is 29.3 Å². The molecule has 8 nitrogen and oxygen atoms in total. The standard InChI is InChI=1S/C21H31N7O.HI/c1-22-20(29)17-8-6-7-16(15-17)10-12-24-21(23-2)25-13-11-19-27-26-18-9-4-3-5-14-28(18)19;/h6-8,15H,3-5,9-14H2,1-2H3,(H,22,29)(H2,23,24,25);1H. The summed E-state index contributed by atoms with van der Waals surface area (Å²) in [6, 6.07) is 7.69. The second-order valence-corrected chi connectivity index (χ2v) is 7.20. The number of nitrogens with one attached hydrogen (secondary N) is 3. The number of carbonyl (C=O) groups excluding carboxylic acids is 1. The number of rotatable bonds is 7. The molecule has 0 saturated heterocycles. The molecule has 1 amide bonds. The third-order valence-corrected chi connectivity index (χ3v) is 5.17. The summed E-state index contributed by atoms with van der Waals surface area (Å²) in [5, 5.41) is 18.1. The largest absolute Gasteiger partial charge is 0.356 e. The highest BCUT2D eigenvalue weighted by atomic mass is 127. The fraction of sp³-hybridized carbons (Fsp3) is 0.524. The van der Waals surface area contributed by atoms with E-state index in [4.69, 9.17) is 0 Å². The van der Waals surface area contributed by atoms with Crippen LogP contribution in [-0.2, 0) is 25.8 Å². The average molecular weight is 525 g/mol. The summed E-state index contributed by atoms with van der Waals surface area (Å²) in [5.74, 6) is 2.88. The molecule has 1 aromatic carbocycles. The second kappa shape index (κ2) is 12.5. The van der Waals surface area contributed by atoms with Gasteiger partial charge in [-0.3, -0.25) is 9.79 Å². The van der Waals surface area contributed by atoms with E-state index < -0.39 is 0 Å². The summed E-state index contributed by atoms with van der Waals surface area (Å²) in [6.07, 6.45) is 6.34. The molecule has 0 atom stereocenters. The van der Waals surface area contributed by atoms with E-state index in [0.717, 1.165) is 62.1 Å². The third kappa shape index (κ3) is 6.68. The van der Waals surface area contributed by atoms with Gasteiger partial charge in [0.2, 0.25) is 0 Å². The molecule has 0 spiro atoms. The highest BCUT2D eigenvalue weighted by molar-refractivity contribution is 14.0. The highest BCUT2D eigenvalue weighted by Crippen LogP contribution is 2.14. The maximum Gasteiger partial charge on any atom is 0.251 e. The maximum atomic E-state index is 11.8. The van der Waals surface area contributed by atoms with E-state index in [1.807, 2.05) is 24.3 Å². The first-order valence-corrected chi connectivity index (χ1v) is 10.4. The van der Waals surface area contributed by atoms with Crippen LogP contribution in [0.4, 0.5) is 0 Å². The lowest BCUT2D eigenvalue weighted by Gasteiger charge is -2.12. The van der Waals surface area contributed by atoms with Crippen LogP contribution in [0.3, 0.4) is 0 Å². The smallest absolute Gasteiger partial charge is 0.251 e. The summed E-state index contributed by atoms with van der Waals surface area (Å²) < 4.78 is 2.28. The zero-order valence-corrected chi connectivity index (χ0v) is 20.1. The molecule has 0 unspecified atom stereocenters. The molecule has 1 aliphatic rings. The SMILES string of the molecule is CN=C(NCCc1cccc(C(=O)NC)c1)NCCc1nnc2n1CCCCC2.I. The lowest BCUT2D eigenvalue weighted by Crippen LogP contribution is -2.39. The van der Waals surface area contributed by atoms with Crippen LogP contribution in [0.25, 0.3) is 0 Å². The average Bonchev–Trinajstić information content (AvgIpc) is 2.98. The predicted octanol–water partition coefficient (Wildman–Crippen LogP) is 1.93. The molecule has 3 rings (SSSR count). The lowest BCUT2D eigenvalue weighted by atomic mass is 10.1. The van der Waals surface area contributed by atoms with Crippen molar-refractivity contribution >= 4 is 35.8 Å². The number of aryl methyl sites for hydroxylation is 1. The van der Waals surface area contributed by atoms with Gasteiger partial charge in [-0.05, 0) is 37.0 Å². The van der Waals surface area contributed by atoms with Gasteiger partial charge in [0.1, 0.15) is 11.6 Å². The summed E-state index contributed by atoms with van der Waals surface area (Å²) in [7, 11) is 3.41. The number of amides is 1. The van der Waals surface area contributed by atoms with E-state index in [0.29, 0.717) is 5.56 Å². The van der Waals surface area contributed by atoms with Gasteiger partial charge in [-0.1, -0.05) is 18.6 Å². The summed E-state index contributed by atoms with van der Waals surface area (Å²) in [4.78, 5) is 16.0. The molecule has 0 bridgehead atoms. The zero-order chi connectivity index (χ0) is 20.5. The lowest BCUT2D eigenvalue weighted by molar-refractivity contribution is 0.0963. The van der Waals surface area contributed by atoms with Gasteiger partial charge >= 0.3 is 0 Å². The van der Waals surface area contributed by atoms with Crippen LogP contribution < -0.4 is 16.0 Å². The van der Waals surface area contributed by atoms with Crippen LogP contribution >= 0.6 is 24.0 Å². The second-order valence-electron chi connectivity index (χ2n) is 7.20. The van der Waals surface area contributed by atoms with Crippen LogP contribution in [0.1, 0.15) is 46.8 Å². The van der Waals surface area contributed by atoms with E-state index in [1.54, 1.807) is 14.1 Å². The van der Waals surface area contributed by atoms with Gasteiger partial charge in [-0.25, -0.2) is 0 Å². The van der Waals surface area contributed by atoms with Crippen molar-refractivity contribution in [3.8, 4) is 0 Å². The molecule has 0 aliphatic carbocycles. The molecule has 1 aliphatic heterocycles. The number of fused-ring (bicyclic) bond motifs is 1. The number of halogens is 1. The van der Waals surface area contributed by atoms with Crippen molar-refractivity contribution < 1.29 is 4.79 Å². The molecule has 0 fully saturated rings. The van der Waals surface area contributed by atoms with Crippen molar-refractivity contribution in [2.24, 2.45) is 4.99 Å². The van der Waals surface area contributed by atoms with Gasteiger partial charge in [0.25, 0.3) is 5.91 Å². The van der Waals surface area contributed by atoms with Gasteiger partial charge in [-0.2, -0.15) is 0 Å². The van der Waals surface area contributed by atoms with E-state index in [-0.39, 0.29) is 29.9 Å². The minimum atomic E-state index is -0.0661. The van der Waals surface area contributed by atoms with Gasteiger partial charge in [-0.15, -0.1) is 34.2 Å². The Morgan fingerprint density at radius 1 is 1.13 bits per heavy atom. The van der Waals surface area contributed by atoms with Crippen molar-refractivity contribution in [1.82, 2.24) is 30.7 Å². The number of nitrogens with zero attached hydrogens (tertiary/aromatic N) is 4. The monoisotopic (exact) mass is 525 g/mol. The Kier molecular flexibility index (Phi) is 10.0. The highest BCUT2D eigenvalue weighted by Gasteiger charge is 2.14. The maximum absolute atomic E-state index is 11.8. The molecule has 9 heteroatoms. The van der Waals surface area contributed by atoms with Gasteiger partial charge in [0.05, 0.1) is 0 Å². The zero-order valence-electron chi connectivity index (χ0n) is 17.8. The van der Waals surface area contributed by atoms with Crippen LogP contribution in [0.2, 0.25) is 0 Å². The molecule has 164 valence electrons. The fourth-order valence-electron chi connectivity index (χ4n) is 3.58. The molecule has 1 aromatic heterocycles. The van der Waals surface area contributed by atoms with Crippen molar-refractivity contribution in [1.29, 1.82) is 0 Å². The number of hydrogen-bond donors (Lipinski definition) is 3. The van der Waals surface area contributed by atoms with Gasteiger partial charge < -0.3 is 20.5 Å². The van der Waals surface area contributed by atoms with Crippen LogP contribution in [0, 0.1) is 0 Å². The first-order valence-electron chi connectivity index (χ1n) is 10.4. The summed E-state index contributed by atoms with van der Waals surface area (Å²) >= 11 is 0. The summed E-state index contributed by atoms with van der Waals surface area (Å²) in [6.45, 7) is 2.51. The molecule has 0 radical (unpaired) electrons. The van der Waals surface area contributed by atoms with E-state index in [9.17, 15) is 4.79 Å². The van der Waals surface area contributed by atoms with Crippen LogP contribution in [-0.4, -0.2) is 53.8 Å². The summed E-state index contributed by atoms with van der Waals surface area (Å²) in [5.41, 5.74) is 1.79. The molecule has 2 aromatic rings. The Morgan fingerprint density at radius 3 is 2.70 bits per heavy atom. The minimum absolute atomic E-state index is 0. The Labute approximate surface area is 195 Å². The molecule has 0 saturated carbocycles.